The van der Waals surface area contributed by atoms with Gasteiger partial charge in [0.05, 0.1) is 27.1 Å². The molecular formula is C55H38N2S. The quantitative estimate of drug-likeness (QED) is 0.147. The van der Waals surface area contributed by atoms with Gasteiger partial charge in [0.2, 0.25) is 0 Å². The minimum atomic E-state index is 1.10. The van der Waals surface area contributed by atoms with Crippen molar-refractivity contribution in [2.45, 2.75) is 6.92 Å². The van der Waals surface area contributed by atoms with E-state index in [-0.39, 0.29) is 0 Å². The van der Waals surface area contributed by atoms with E-state index in [4.69, 9.17) is 0 Å². The molecule has 0 radical (unpaired) electrons. The van der Waals surface area contributed by atoms with Crippen molar-refractivity contribution in [3.8, 4) is 16.8 Å². The summed E-state index contributed by atoms with van der Waals surface area (Å²) in [5.41, 5.74) is 10.6. The molecule has 3 heteroatoms. The normalized spacial score (nSPS) is 11.9. The lowest BCUT2D eigenvalue weighted by atomic mass is 9.98. The van der Waals surface area contributed by atoms with Gasteiger partial charge in [0.15, 0.2) is 0 Å². The third-order valence-corrected chi connectivity index (χ3v) is 12.9. The third-order valence-electron chi connectivity index (χ3n) is 11.6. The molecule has 0 bridgehead atoms. The highest BCUT2D eigenvalue weighted by Gasteiger charge is 2.22. The van der Waals surface area contributed by atoms with E-state index in [0.717, 1.165) is 17.1 Å². The van der Waals surface area contributed by atoms with E-state index < -0.39 is 0 Å². The Kier molecular flexibility index (Phi) is 8.09. The summed E-state index contributed by atoms with van der Waals surface area (Å²) < 4.78 is 3.64. The predicted molar refractivity (Wildman–Crippen MR) is 254 cm³/mol. The number of allylic oxidation sites excluding steroid dienone is 1. The maximum atomic E-state index is 4.20. The molecular weight excluding hydrogens is 721 g/mol. The Labute approximate surface area is 341 Å². The average molecular weight is 759 g/mol. The maximum absolute atomic E-state index is 4.20. The van der Waals surface area contributed by atoms with Crippen LogP contribution in [0.15, 0.2) is 195 Å². The highest BCUT2D eigenvalue weighted by Crippen LogP contribution is 2.48. The maximum Gasteiger partial charge on any atom is 0.0640 e. The summed E-state index contributed by atoms with van der Waals surface area (Å²) in [6, 6.07) is 66.8. The van der Waals surface area contributed by atoms with Crippen molar-refractivity contribution >= 4 is 105 Å². The Morgan fingerprint density at radius 1 is 0.500 bits per heavy atom. The number of thiophene rings is 1. The lowest BCUT2D eigenvalue weighted by Crippen LogP contribution is -2.11. The number of hydrogen-bond donors (Lipinski definition) is 0. The van der Waals surface area contributed by atoms with Crippen LogP contribution in [0.1, 0.15) is 17.4 Å². The van der Waals surface area contributed by atoms with E-state index in [2.05, 4.69) is 217 Å². The van der Waals surface area contributed by atoms with Gasteiger partial charge < -0.3 is 9.47 Å². The second-order valence-electron chi connectivity index (χ2n) is 14.9. The standard InChI is InChI=1S/C55H38N2S/c1-3-14-47-48-22-13-24-52(55(48)58-54(47)4-2)56(53-35-40-17-7-8-18-43(40)44-19-9-10-20-45(44)53)41-29-25-37(26-30-41)39-28-32-51-49(34-39)46-21-11-12-23-50(46)57(51)42-31-27-36-15-5-6-16-38(36)33-42/h3-35H,2H2,1H3/b14-3-. The molecule has 11 rings (SSSR count). The van der Waals surface area contributed by atoms with Gasteiger partial charge in [0.1, 0.15) is 0 Å². The first-order valence-electron chi connectivity index (χ1n) is 19.8. The first-order valence-corrected chi connectivity index (χ1v) is 20.6. The van der Waals surface area contributed by atoms with Gasteiger partial charge in [-0.3, -0.25) is 0 Å². The predicted octanol–water partition coefficient (Wildman–Crippen LogP) is 16.3. The van der Waals surface area contributed by atoms with E-state index in [9.17, 15) is 0 Å². The van der Waals surface area contributed by atoms with Crippen LogP contribution in [0.2, 0.25) is 0 Å². The Morgan fingerprint density at radius 2 is 1.17 bits per heavy atom. The van der Waals surface area contributed by atoms with Gasteiger partial charge in [-0.1, -0.05) is 152 Å². The van der Waals surface area contributed by atoms with Crippen LogP contribution in [-0.2, 0) is 0 Å². The van der Waals surface area contributed by atoms with Crippen LogP contribution in [0.3, 0.4) is 0 Å². The smallest absolute Gasteiger partial charge is 0.0640 e. The molecule has 274 valence electrons. The zero-order chi connectivity index (χ0) is 38.7. The summed E-state index contributed by atoms with van der Waals surface area (Å²) in [7, 11) is 0. The topological polar surface area (TPSA) is 8.17 Å². The Balaban J connectivity index is 1.08. The molecule has 0 aliphatic carbocycles. The fourth-order valence-electron chi connectivity index (χ4n) is 8.99. The van der Waals surface area contributed by atoms with E-state index in [1.807, 2.05) is 6.08 Å². The van der Waals surface area contributed by atoms with Crippen LogP contribution in [0.25, 0.3) is 93.2 Å². The number of para-hydroxylation sites is 1. The van der Waals surface area contributed by atoms with Crippen LogP contribution in [-0.4, -0.2) is 4.57 Å². The van der Waals surface area contributed by atoms with Crippen molar-refractivity contribution in [1.29, 1.82) is 0 Å². The summed E-state index contributed by atoms with van der Waals surface area (Å²) >= 11 is 1.81. The van der Waals surface area contributed by atoms with Gasteiger partial charge in [0.25, 0.3) is 0 Å². The lowest BCUT2D eigenvalue weighted by molar-refractivity contribution is 1.19. The number of hydrogen-bond acceptors (Lipinski definition) is 2. The second-order valence-corrected chi connectivity index (χ2v) is 16.0. The molecule has 0 saturated heterocycles. The highest BCUT2D eigenvalue weighted by atomic mass is 32.1. The largest absolute Gasteiger partial charge is 0.309 e. The third kappa shape index (κ3) is 5.39. The molecule has 0 aliphatic heterocycles. The van der Waals surface area contributed by atoms with Crippen LogP contribution in [0.5, 0.6) is 0 Å². The zero-order valence-corrected chi connectivity index (χ0v) is 32.9. The summed E-state index contributed by atoms with van der Waals surface area (Å²) in [4.78, 5) is 3.64. The number of aromatic nitrogens is 1. The summed E-state index contributed by atoms with van der Waals surface area (Å²) in [6.07, 6.45) is 6.32. The molecule has 0 aliphatic rings. The molecule has 2 nitrogen and oxygen atoms in total. The van der Waals surface area contributed by atoms with Crippen molar-refractivity contribution in [3.05, 3.63) is 205 Å². The molecule has 0 spiro atoms. The number of rotatable bonds is 7. The highest BCUT2D eigenvalue weighted by molar-refractivity contribution is 7.20. The fraction of sp³-hybridized carbons (Fsp3) is 0.0182. The van der Waals surface area contributed by atoms with Crippen molar-refractivity contribution in [1.82, 2.24) is 4.57 Å². The number of fused-ring (bicyclic) bond motifs is 8. The zero-order valence-electron chi connectivity index (χ0n) is 32.1. The van der Waals surface area contributed by atoms with Crippen LogP contribution in [0, 0.1) is 0 Å². The molecule has 9 aromatic carbocycles. The van der Waals surface area contributed by atoms with Crippen LogP contribution in [0.4, 0.5) is 17.1 Å². The Bertz CT molecular complexity index is 3430. The Hall–Kier alpha value is -7.20. The Morgan fingerprint density at radius 3 is 1.98 bits per heavy atom. The van der Waals surface area contributed by atoms with Crippen molar-refractivity contribution in [2.75, 3.05) is 4.90 Å². The molecule has 0 atom stereocenters. The van der Waals surface area contributed by atoms with Gasteiger partial charge in [-0.25, -0.2) is 0 Å². The first-order chi connectivity index (χ1) is 28.7. The second kappa shape index (κ2) is 13.8. The summed E-state index contributed by atoms with van der Waals surface area (Å²) in [6.45, 7) is 6.28. The van der Waals surface area contributed by atoms with Crippen molar-refractivity contribution < 1.29 is 0 Å². The molecule has 2 aromatic heterocycles. The molecule has 0 saturated carbocycles. The monoisotopic (exact) mass is 758 g/mol. The molecule has 11 aromatic rings. The average Bonchev–Trinajstić information content (AvgIpc) is 3.82. The molecule has 58 heavy (non-hydrogen) atoms. The van der Waals surface area contributed by atoms with Gasteiger partial charge in [-0.05, 0) is 99.6 Å². The minimum Gasteiger partial charge on any atom is -0.309 e. The van der Waals surface area contributed by atoms with E-state index in [0.29, 0.717) is 0 Å². The lowest BCUT2D eigenvalue weighted by Gasteiger charge is -2.28. The van der Waals surface area contributed by atoms with Gasteiger partial charge in [-0.2, -0.15) is 0 Å². The molecule has 0 fully saturated rings. The molecule has 0 amide bonds. The van der Waals surface area contributed by atoms with E-state index in [1.54, 1.807) is 11.3 Å². The van der Waals surface area contributed by atoms with Crippen molar-refractivity contribution in [3.63, 3.8) is 0 Å². The van der Waals surface area contributed by atoms with Gasteiger partial charge >= 0.3 is 0 Å². The SMILES string of the molecule is C=Cc1sc2c(N(c3ccc(-c4ccc5c(c4)c4ccccc4n5-c4ccc5ccccc5c4)cc3)c3cc4ccccc4c4ccccc34)cccc2c1/C=C\C. The van der Waals surface area contributed by atoms with Crippen LogP contribution < -0.4 is 4.90 Å². The minimum absolute atomic E-state index is 1.10. The fourth-order valence-corrected chi connectivity index (χ4v) is 10.1. The summed E-state index contributed by atoms with van der Waals surface area (Å²) in [5.74, 6) is 0. The molecule has 0 unspecified atom stereocenters. The van der Waals surface area contributed by atoms with Crippen LogP contribution >= 0.6 is 11.3 Å². The van der Waals surface area contributed by atoms with Crippen molar-refractivity contribution in [2.24, 2.45) is 0 Å². The van der Waals surface area contributed by atoms with Gasteiger partial charge in [0, 0.05) is 43.4 Å². The van der Waals surface area contributed by atoms with E-state index in [1.165, 1.54) is 91.5 Å². The molecule has 0 N–H and O–H groups in total. The number of benzene rings is 9. The molecule has 2 heterocycles. The number of anilines is 3. The summed E-state index contributed by atoms with van der Waals surface area (Å²) in [5, 5.41) is 11.1. The van der Waals surface area contributed by atoms with E-state index >= 15 is 0 Å². The van der Waals surface area contributed by atoms with Gasteiger partial charge in [-0.15, -0.1) is 11.3 Å². The number of nitrogens with zero attached hydrogens (tertiary/aromatic N) is 2. The first kappa shape index (κ1) is 34.1.